The second-order valence-corrected chi connectivity index (χ2v) is 5.83. The number of rotatable bonds is 4. The van der Waals surface area contributed by atoms with Crippen LogP contribution in [0.3, 0.4) is 0 Å². The van der Waals surface area contributed by atoms with E-state index in [0.717, 1.165) is 11.1 Å². The predicted molar refractivity (Wildman–Crippen MR) is 91.1 cm³/mol. The lowest BCUT2D eigenvalue weighted by Gasteiger charge is -2.31. The first kappa shape index (κ1) is 16.5. The Hall–Kier alpha value is -3.38. The van der Waals surface area contributed by atoms with E-state index in [1.165, 1.54) is 24.3 Å². The monoisotopic (exact) mass is 337 g/mol. The van der Waals surface area contributed by atoms with Crippen LogP contribution in [0.2, 0.25) is 0 Å². The fourth-order valence-electron chi connectivity index (χ4n) is 3.02. The third kappa shape index (κ3) is 3.59. The van der Waals surface area contributed by atoms with Gasteiger partial charge in [0.15, 0.2) is 0 Å². The van der Waals surface area contributed by atoms with E-state index in [1.54, 1.807) is 0 Å². The SMILES string of the molecule is [N-]=[N+]=N[C@@H]1Cc2ccccc2C[C@H]1NC(=O)c1ccc([N+](=O)[O-])cc1. The fourth-order valence-corrected chi connectivity index (χ4v) is 3.02. The molecule has 25 heavy (non-hydrogen) atoms. The number of amides is 1. The molecule has 2 atom stereocenters. The molecule has 0 bridgehead atoms. The van der Waals surface area contributed by atoms with Crippen LogP contribution in [0.1, 0.15) is 21.5 Å². The molecule has 0 spiro atoms. The van der Waals surface area contributed by atoms with Crippen molar-refractivity contribution in [1.82, 2.24) is 5.32 Å². The van der Waals surface area contributed by atoms with Crippen LogP contribution in [-0.2, 0) is 12.8 Å². The van der Waals surface area contributed by atoms with Crippen LogP contribution < -0.4 is 5.32 Å². The van der Waals surface area contributed by atoms with Crippen molar-refractivity contribution in [2.75, 3.05) is 0 Å². The molecule has 0 fully saturated rings. The molecule has 1 aliphatic rings. The number of benzene rings is 2. The lowest BCUT2D eigenvalue weighted by atomic mass is 9.85. The maximum absolute atomic E-state index is 12.4. The zero-order valence-electron chi connectivity index (χ0n) is 13.2. The number of nitrogens with one attached hydrogen (secondary N) is 1. The molecular weight excluding hydrogens is 322 g/mol. The van der Waals surface area contributed by atoms with Gasteiger partial charge in [-0.05, 0) is 41.6 Å². The summed E-state index contributed by atoms with van der Waals surface area (Å²) in [5.74, 6) is -0.350. The van der Waals surface area contributed by atoms with Crippen LogP contribution >= 0.6 is 0 Å². The quantitative estimate of drug-likeness (QED) is 0.303. The predicted octanol–water partition coefficient (Wildman–Crippen LogP) is 3.17. The third-order valence-electron chi connectivity index (χ3n) is 4.31. The Bertz CT molecular complexity index is 859. The summed E-state index contributed by atoms with van der Waals surface area (Å²) < 4.78 is 0. The highest BCUT2D eigenvalue weighted by atomic mass is 16.6. The minimum atomic E-state index is -0.516. The van der Waals surface area contributed by atoms with E-state index in [-0.39, 0.29) is 23.7 Å². The van der Waals surface area contributed by atoms with E-state index in [9.17, 15) is 14.9 Å². The first-order valence-corrected chi connectivity index (χ1v) is 7.75. The van der Waals surface area contributed by atoms with E-state index >= 15 is 0 Å². The smallest absolute Gasteiger partial charge is 0.269 e. The standard InChI is InChI=1S/C17H15N5O3/c18-21-20-16-10-13-4-2-1-3-12(13)9-15(16)19-17(23)11-5-7-14(8-6-11)22(24)25/h1-8,15-16H,9-10H2,(H,19,23)/t15-,16-/m1/s1. The summed E-state index contributed by atoms with van der Waals surface area (Å²) in [5.41, 5.74) is 11.3. The van der Waals surface area contributed by atoms with Gasteiger partial charge in [0.05, 0.1) is 11.0 Å². The van der Waals surface area contributed by atoms with Gasteiger partial charge in [-0.3, -0.25) is 14.9 Å². The molecule has 2 aromatic rings. The summed E-state index contributed by atoms with van der Waals surface area (Å²) in [7, 11) is 0. The fraction of sp³-hybridized carbons (Fsp3) is 0.235. The van der Waals surface area contributed by atoms with Crippen molar-refractivity contribution in [3.05, 3.63) is 85.8 Å². The molecule has 0 heterocycles. The number of nitro benzene ring substituents is 1. The van der Waals surface area contributed by atoms with Crippen molar-refractivity contribution < 1.29 is 9.72 Å². The van der Waals surface area contributed by atoms with Crippen LogP contribution in [-0.4, -0.2) is 22.9 Å². The Kier molecular flexibility index (Phi) is 4.63. The van der Waals surface area contributed by atoms with Crippen molar-refractivity contribution in [3.8, 4) is 0 Å². The van der Waals surface area contributed by atoms with Crippen molar-refractivity contribution >= 4 is 11.6 Å². The summed E-state index contributed by atoms with van der Waals surface area (Å²) in [6.07, 6.45) is 1.13. The largest absolute Gasteiger partial charge is 0.349 e. The Balaban J connectivity index is 1.79. The maximum atomic E-state index is 12.4. The number of hydrogen-bond acceptors (Lipinski definition) is 4. The minimum Gasteiger partial charge on any atom is -0.349 e. The molecule has 0 saturated carbocycles. The zero-order chi connectivity index (χ0) is 17.8. The number of carbonyl (C=O) groups is 1. The number of non-ortho nitro benzene ring substituents is 1. The highest BCUT2D eigenvalue weighted by Crippen LogP contribution is 2.24. The molecule has 8 nitrogen and oxygen atoms in total. The van der Waals surface area contributed by atoms with Gasteiger partial charge in [-0.25, -0.2) is 0 Å². The Morgan fingerprint density at radius 2 is 1.80 bits per heavy atom. The summed E-state index contributed by atoms with van der Waals surface area (Å²) in [6.45, 7) is 0. The molecule has 1 aliphatic carbocycles. The normalized spacial score (nSPS) is 18.6. The number of carbonyl (C=O) groups excluding carboxylic acids is 1. The molecule has 126 valence electrons. The van der Waals surface area contributed by atoms with Crippen LogP contribution in [0.4, 0.5) is 5.69 Å². The number of nitrogens with zero attached hydrogens (tertiary/aromatic N) is 4. The Morgan fingerprint density at radius 1 is 1.16 bits per heavy atom. The highest BCUT2D eigenvalue weighted by Gasteiger charge is 2.29. The average molecular weight is 337 g/mol. The molecule has 8 heteroatoms. The molecule has 0 aliphatic heterocycles. The van der Waals surface area contributed by atoms with Crippen molar-refractivity contribution in [2.24, 2.45) is 5.11 Å². The van der Waals surface area contributed by atoms with E-state index in [2.05, 4.69) is 15.3 Å². The van der Waals surface area contributed by atoms with Gasteiger partial charge in [0.1, 0.15) is 0 Å². The van der Waals surface area contributed by atoms with Gasteiger partial charge in [-0.1, -0.05) is 29.4 Å². The average Bonchev–Trinajstić information content (AvgIpc) is 2.62. The summed E-state index contributed by atoms with van der Waals surface area (Å²) in [4.78, 5) is 25.5. The third-order valence-corrected chi connectivity index (χ3v) is 4.31. The van der Waals surface area contributed by atoms with Crippen molar-refractivity contribution in [2.45, 2.75) is 24.9 Å². The molecule has 0 saturated heterocycles. The van der Waals surface area contributed by atoms with Crippen LogP contribution in [0.5, 0.6) is 0 Å². The van der Waals surface area contributed by atoms with Crippen LogP contribution in [0, 0.1) is 10.1 Å². The van der Waals surface area contributed by atoms with Gasteiger partial charge in [-0.15, -0.1) is 0 Å². The van der Waals surface area contributed by atoms with Gasteiger partial charge >= 0.3 is 0 Å². The Morgan fingerprint density at radius 3 is 2.40 bits per heavy atom. The topological polar surface area (TPSA) is 121 Å². The van der Waals surface area contributed by atoms with E-state index in [1.807, 2.05) is 24.3 Å². The molecule has 0 aromatic heterocycles. The van der Waals surface area contributed by atoms with Crippen molar-refractivity contribution in [1.29, 1.82) is 0 Å². The van der Waals surface area contributed by atoms with Crippen LogP contribution in [0.25, 0.3) is 10.4 Å². The second kappa shape index (κ2) is 7.02. The van der Waals surface area contributed by atoms with Gasteiger partial charge in [0.2, 0.25) is 0 Å². The molecule has 2 aromatic carbocycles. The van der Waals surface area contributed by atoms with Gasteiger partial charge in [0.25, 0.3) is 11.6 Å². The first-order valence-electron chi connectivity index (χ1n) is 7.75. The van der Waals surface area contributed by atoms with E-state index in [4.69, 9.17) is 5.53 Å². The Labute approximate surface area is 143 Å². The molecular formula is C17H15N5O3. The van der Waals surface area contributed by atoms with Gasteiger partial charge < -0.3 is 5.32 Å². The first-order chi connectivity index (χ1) is 12.1. The second-order valence-electron chi connectivity index (χ2n) is 5.83. The van der Waals surface area contributed by atoms with Gasteiger partial charge in [-0.2, -0.15) is 0 Å². The molecule has 1 amide bonds. The molecule has 3 rings (SSSR count). The minimum absolute atomic E-state index is 0.0740. The van der Waals surface area contributed by atoms with Crippen LogP contribution in [0.15, 0.2) is 53.6 Å². The summed E-state index contributed by atoms with van der Waals surface area (Å²) in [6, 6.07) is 12.5. The maximum Gasteiger partial charge on any atom is 0.269 e. The van der Waals surface area contributed by atoms with E-state index in [0.29, 0.717) is 18.4 Å². The number of azide groups is 1. The zero-order valence-corrected chi connectivity index (χ0v) is 13.2. The number of fused-ring (bicyclic) bond motifs is 1. The van der Waals surface area contributed by atoms with E-state index < -0.39 is 4.92 Å². The lowest BCUT2D eigenvalue weighted by molar-refractivity contribution is -0.384. The highest BCUT2D eigenvalue weighted by molar-refractivity contribution is 5.94. The number of nitro groups is 1. The number of hydrogen-bond donors (Lipinski definition) is 1. The van der Waals surface area contributed by atoms with Gasteiger partial charge in [0, 0.05) is 28.6 Å². The lowest BCUT2D eigenvalue weighted by Crippen LogP contribution is -2.47. The summed E-state index contributed by atoms with van der Waals surface area (Å²) >= 11 is 0. The molecule has 1 N–H and O–H groups in total. The summed E-state index contributed by atoms with van der Waals surface area (Å²) in [5, 5.41) is 17.4. The van der Waals surface area contributed by atoms with Crippen molar-refractivity contribution in [3.63, 3.8) is 0 Å². The molecule has 0 unspecified atom stereocenters. The molecule has 0 radical (unpaired) electrons.